The molecule has 1 amide bonds. The van der Waals surface area contributed by atoms with Crippen molar-refractivity contribution in [2.75, 3.05) is 26.2 Å². The van der Waals surface area contributed by atoms with Crippen LogP contribution in [0.15, 0.2) is 24.3 Å². The topological polar surface area (TPSA) is 57.7 Å². The Bertz CT molecular complexity index is 669. The summed E-state index contributed by atoms with van der Waals surface area (Å²) in [5.74, 6) is 0.0980. The number of hydrogen-bond acceptors (Lipinski definition) is 3. The molecule has 0 atom stereocenters. The number of piperazine rings is 1. The first-order chi connectivity index (χ1) is 10.6. The molecular weight excluding hydrogens is 312 g/mol. The van der Waals surface area contributed by atoms with Crippen LogP contribution >= 0.6 is 0 Å². The van der Waals surface area contributed by atoms with E-state index in [1.165, 1.54) is 4.31 Å². The highest BCUT2D eigenvalue weighted by atomic mass is 32.2. The van der Waals surface area contributed by atoms with Gasteiger partial charge in [-0.25, -0.2) is 8.42 Å². The summed E-state index contributed by atoms with van der Waals surface area (Å²) in [7, 11) is -3.35. The van der Waals surface area contributed by atoms with Crippen LogP contribution in [0.1, 0.15) is 31.9 Å². The maximum Gasteiger partial charge on any atom is 0.228 e. The van der Waals surface area contributed by atoms with Crippen molar-refractivity contribution in [2.45, 2.75) is 33.4 Å². The zero-order valence-electron chi connectivity index (χ0n) is 14.4. The molecule has 0 unspecified atom stereocenters. The van der Waals surface area contributed by atoms with Gasteiger partial charge in [0.25, 0.3) is 0 Å². The Balaban J connectivity index is 2.02. The van der Waals surface area contributed by atoms with Crippen molar-refractivity contribution in [1.82, 2.24) is 9.21 Å². The molecule has 2 rings (SSSR count). The minimum Gasteiger partial charge on any atom is -0.340 e. The molecule has 5 nitrogen and oxygen atoms in total. The Morgan fingerprint density at radius 3 is 2.17 bits per heavy atom. The summed E-state index contributed by atoms with van der Waals surface area (Å²) < 4.78 is 26.7. The summed E-state index contributed by atoms with van der Waals surface area (Å²) in [5.41, 5.74) is 1.39. The van der Waals surface area contributed by atoms with Crippen LogP contribution < -0.4 is 0 Å². The average Bonchev–Trinajstić information content (AvgIpc) is 2.48. The van der Waals surface area contributed by atoms with Crippen LogP contribution in [0.5, 0.6) is 0 Å². The van der Waals surface area contributed by atoms with Crippen LogP contribution in [-0.2, 0) is 20.6 Å². The van der Waals surface area contributed by atoms with E-state index in [9.17, 15) is 13.2 Å². The van der Waals surface area contributed by atoms with Crippen molar-refractivity contribution in [1.29, 1.82) is 0 Å². The molecule has 1 fully saturated rings. The van der Waals surface area contributed by atoms with E-state index in [-0.39, 0.29) is 11.7 Å². The highest BCUT2D eigenvalue weighted by Crippen LogP contribution is 2.21. The van der Waals surface area contributed by atoms with Crippen LogP contribution in [0, 0.1) is 12.3 Å². The summed E-state index contributed by atoms with van der Waals surface area (Å²) in [6.07, 6.45) is 0. The fraction of sp³-hybridized carbons (Fsp3) is 0.588. The second kappa shape index (κ2) is 6.61. The Morgan fingerprint density at radius 1 is 1.09 bits per heavy atom. The lowest BCUT2D eigenvalue weighted by molar-refractivity contribution is -0.140. The van der Waals surface area contributed by atoms with Gasteiger partial charge in [-0.05, 0) is 18.1 Å². The van der Waals surface area contributed by atoms with E-state index < -0.39 is 15.4 Å². The molecule has 0 aliphatic carbocycles. The van der Waals surface area contributed by atoms with E-state index in [0.717, 1.165) is 11.1 Å². The molecule has 0 saturated carbocycles. The van der Waals surface area contributed by atoms with Crippen molar-refractivity contribution >= 4 is 15.9 Å². The monoisotopic (exact) mass is 338 g/mol. The Labute approximate surface area is 139 Å². The minimum absolute atomic E-state index is 0.0207. The SMILES string of the molecule is Cc1ccccc1CS(=O)(=O)N1CCN(C(=O)C(C)(C)C)CC1. The lowest BCUT2D eigenvalue weighted by atomic mass is 9.94. The first-order valence-electron chi connectivity index (χ1n) is 7.93. The molecule has 1 saturated heterocycles. The molecule has 23 heavy (non-hydrogen) atoms. The van der Waals surface area contributed by atoms with Crippen LogP contribution in [0.25, 0.3) is 0 Å². The smallest absolute Gasteiger partial charge is 0.228 e. The minimum atomic E-state index is -3.35. The van der Waals surface area contributed by atoms with Gasteiger partial charge in [0.15, 0.2) is 0 Å². The Hall–Kier alpha value is -1.40. The summed E-state index contributed by atoms with van der Waals surface area (Å²) in [5, 5.41) is 0. The standard InChI is InChI=1S/C17H26N2O3S/c1-14-7-5-6-8-15(14)13-23(21,22)19-11-9-18(10-12-19)16(20)17(2,3)4/h5-8H,9-13H2,1-4H3. The average molecular weight is 338 g/mol. The molecule has 1 heterocycles. The molecule has 6 heteroatoms. The number of carbonyl (C=O) groups excluding carboxylic acids is 1. The zero-order valence-corrected chi connectivity index (χ0v) is 15.2. The second-order valence-electron chi connectivity index (χ2n) is 7.12. The molecule has 128 valence electrons. The number of hydrogen-bond donors (Lipinski definition) is 0. The molecule has 1 aromatic rings. The maximum atomic E-state index is 12.6. The molecule has 0 bridgehead atoms. The van der Waals surface area contributed by atoms with E-state index in [1.807, 2.05) is 52.0 Å². The first kappa shape index (κ1) is 17.9. The fourth-order valence-electron chi connectivity index (χ4n) is 2.70. The van der Waals surface area contributed by atoms with E-state index >= 15 is 0 Å². The molecule has 0 spiro atoms. The van der Waals surface area contributed by atoms with Crippen LogP contribution in [0.2, 0.25) is 0 Å². The molecule has 0 N–H and O–H groups in total. The van der Waals surface area contributed by atoms with Gasteiger partial charge in [-0.3, -0.25) is 4.79 Å². The zero-order chi connectivity index (χ0) is 17.3. The third kappa shape index (κ3) is 4.32. The predicted molar refractivity (Wildman–Crippen MR) is 91.4 cm³/mol. The lowest BCUT2D eigenvalue weighted by Crippen LogP contribution is -2.53. The molecule has 1 aliphatic rings. The van der Waals surface area contributed by atoms with Crippen molar-refractivity contribution < 1.29 is 13.2 Å². The summed E-state index contributed by atoms with van der Waals surface area (Å²) in [4.78, 5) is 14.0. The number of carbonyl (C=O) groups is 1. The van der Waals surface area contributed by atoms with Crippen molar-refractivity contribution in [3.63, 3.8) is 0 Å². The van der Waals surface area contributed by atoms with Crippen LogP contribution in [0.4, 0.5) is 0 Å². The van der Waals surface area contributed by atoms with Gasteiger partial charge in [0.2, 0.25) is 15.9 Å². The highest BCUT2D eigenvalue weighted by molar-refractivity contribution is 7.88. The van der Waals surface area contributed by atoms with Gasteiger partial charge in [-0.15, -0.1) is 0 Å². The van der Waals surface area contributed by atoms with Gasteiger partial charge >= 0.3 is 0 Å². The maximum absolute atomic E-state index is 12.6. The van der Waals surface area contributed by atoms with Gasteiger partial charge in [-0.1, -0.05) is 45.0 Å². The third-order valence-corrected chi connectivity index (χ3v) is 5.99. The van der Waals surface area contributed by atoms with Gasteiger partial charge in [0.05, 0.1) is 5.75 Å². The van der Waals surface area contributed by atoms with Crippen molar-refractivity contribution in [3.8, 4) is 0 Å². The number of aryl methyl sites for hydroxylation is 1. The summed E-state index contributed by atoms with van der Waals surface area (Å²) >= 11 is 0. The number of benzene rings is 1. The molecule has 1 aromatic carbocycles. The number of rotatable bonds is 3. The largest absolute Gasteiger partial charge is 0.340 e. The number of nitrogens with zero attached hydrogens (tertiary/aromatic N) is 2. The third-order valence-electron chi connectivity index (χ3n) is 4.16. The van der Waals surface area contributed by atoms with Crippen LogP contribution in [0.3, 0.4) is 0 Å². The molecular formula is C17H26N2O3S. The highest BCUT2D eigenvalue weighted by Gasteiger charge is 2.33. The fourth-order valence-corrected chi connectivity index (χ4v) is 4.32. The van der Waals surface area contributed by atoms with Crippen LogP contribution in [-0.4, -0.2) is 49.7 Å². The first-order valence-corrected chi connectivity index (χ1v) is 9.54. The Morgan fingerprint density at radius 2 is 1.65 bits per heavy atom. The van der Waals surface area contributed by atoms with Gasteiger partial charge in [-0.2, -0.15) is 4.31 Å². The van der Waals surface area contributed by atoms with Gasteiger partial charge in [0.1, 0.15) is 0 Å². The number of sulfonamides is 1. The predicted octanol–water partition coefficient (Wildman–Crippen LogP) is 2.02. The molecule has 1 aliphatic heterocycles. The summed E-state index contributed by atoms with van der Waals surface area (Å²) in [6.45, 7) is 9.24. The van der Waals surface area contributed by atoms with Gasteiger partial charge < -0.3 is 4.90 Å². The van der Waals surface area contributed by atoms with E-state index in [0.29, 0.717) is 26.2 Å². The Kier molecular flexibility index (Phi) is 5.16. The summed E-state index contributed by atoms with van der Waals surface area (Å²) in [6, 6.07) is 7.54. The van der Waals surface area contributed by atoms with Crippen molar-refractivity contribution in [3.05, 3.63) is 35.4 Å². The molecule has 0 radical (unpaired) electrons. The van der Waals surface area contributed by atoms with E-state index in [4.69, 9.17) is 0 Å². The second-order valence-corrected chi connectivity index (χ2v) is 9.09. The molecule has 0 aromatic heterocycles. The van der Waals surface area contributed by atoms with E-state index in [1.54, 1.807) is 4.90 Å². The number of amides is 1. The normalized spacial score (nSPS) is 17.3. The van der Waals surface area contributed by atoms with E-state index in [2.05, 4.69) is 0 Å². The van der Waals surface area contributed by atoms with Crippen molar-refractivity contribution in [2.24, 2.45) is 5.41 Å². The quantitative estimate of drug-likeness (QED) is 0.847. The lowest BCUT2D eigenvalue weighted by Gasteiger charge is -2.37. The van der Waals surface area contributed by atoms with Gasteiger partial charge in [0, 0.05) is 31.6 Å².